The van der Waals surface area contributed by atoms with E-state index >= 15 is 0 Å². The number of carbonyl (C=O) groups is 2. The Morgan fingerprint density at radius 1 is 1.35 bits per heavy atom. The maximum atomic E-state index is 12.5. The molecule has 1 aromatic carbocycles. The zero-order chi connectivity index (χ0) is 16.7. The van der Waals surface area contributed by atoms with Crippen molar-refractivity contribution in [2.75, 3.05) is 20.2 Å². The lowest BCUT2D eigenvalue weighted by Gasteiger charge is -2.36. The first-order chi connectivity index (χ1) is 11.2. The molecule has 1 saturated heterocycles. The minimum Gasteiger partial charge on any atom is -0.467 e. The number of esters is 1. The van der Waals surface area contributed by atoms with Gasteiger partial charge in [0.05, 0.1) is 7.11 Å². The summed E-state index contributed by atoms with van der Waals surface area (Å²) in [6.07, 6.45) is 0.986. The van der Waals surface area contributed by atoms with Crippen molar-refractivity contribution in [1.29, 1.82) is 0 Å². The van der Waals surface area contributed by atoms with Gasteiger partial charge >= 0.3 is 12.1 Å². The molecule has 0 bridgehead atoms. The van der Waals surface area contributed by atoms with Gasteiger partial charge in [-0.3, -0.25) is 4.90 Å². The molecule has 0 spiro atoms. The van der Waals surface area contributed by atoms with Crippen LogP contribution in [0.15, 0.2) is 30.3 Å². The van der Waals surface area contributed by atoms with Crippen LogP contribution in [0.2, 0.25) is 0 Å². The molecular formula is C17H24N2O4. The average Bonchev–Trinajstić information content (AvgIpc) is 2.55. The first-order valence-corrected chi connectivity index (χ1v) is 7.94. The highest BCUT2D eigenvalue weighted by Crippen LogP contribution is 2.14. The second kappa shape index (κ2) is 8.53. The molecule has 6 nitrogen and oxygen atoms in total. The highest BCUT2D eigenvalue weighted by atomic mass is 16.6. The molecule has 2 atom stereocenters. The zero-order valence-electron chi connectivity index (χ0n) is 13.7. The Balaban J connectivity index is 2.01. The smallest absolute Gasteiger partial charge is 0.410 e. The molecule has 126 valence electrons. The fraction of sp³-hybridized carbons (Fsp3) is 0.529. The van der Waals surface area contributed by atoms with E-state index in [4.69, 9.17) is 9.47 Å². The predicted octanol–water partition coefficient (Wildman–Crippen LogP) is 1.94. The Hall–Kier alpha value is -2.08. The van der Waals surface area contributed by atoms with Crippen molar-refractivity contribution in [2.45, 2.75) is 38.5 Å². The van der Waals surface area contributed by atoms with Crippen molar-refractivity contribution in [2.24, 2.45) is 0 Å². The van der Waals surface area contributed by atoms with Gasteiger partial charge in [0.2, 0.25) is 0 Å². The van der Waals surface area contributed by atoms with Crippen LogP contribution in [0.3, 0.4) is 0 Å². The minimum atomic E-state index is -0.620. The Labute approximate surface area is 136 Å². The van der Waals surface area contributed by atoms with Crippen molar-refractivity contribution in [3.8, 4) is 0 Å². The molecule has 2 unspecified atom stereocenters. The maximum Gasteiger partial charge on any atom is 0.410 e. The molecule has 2 rings (SSSR count). The summed E-state index contributed by atoms with van der Waals surface area (Å²) in [5.41, 5.74) is 0.911. The minimum absolute atomic E-state index is 0.186. The van der Waals surface area contributed by atoms with Gasteiger partial charge in [-0.15, -0.1) is 0 Å². The van der Waals surface area contributed by atoms with Crippen LogP contribution >= 0.6 is 0 Å². The normalized spacial score (nSPS) is 17.7. The summed E-state index contributed by atoms with van der Waals surface area (Å²) in [7, 11) is 1.33. The van der Waals surface area contributed by atoms with Crippen molar-refractivity contribution >= 4 is 12.1 Å². The summed E-state index contributed by atoms with van der Waals surface area (Å²) >= 11 is 0. The predicted molar refractivity (Wildman–Crippen MR) is 85.8 cm³/mol. The van der Waals surface area contributed by atoms with Gasteiger partial charge in [-0.25, -0.2) is 9.59 Å². The van der Waals surface area contributed by atoms with E-state index in [-0.39, 0.29) is 12.6 Å². The number of hydrogen-bond acceptors (Lipinski definition) is 5. The number of methoxy groups -OCH3 is 1. The molecule has 1 heterocycles. The first kappa shape index (κ1) is 17.3. The number of ether oxygens (including phenoxy) is 2. The van der Waals surface area contributed by atoms with E-state index < -0.39 is 18.1 Å². The van der Waals surface area contributed by atoms with Crippen LogP contribution in [-0.4, -0.2) is 49.2 Å². The Kier molecular flexibility index (Phi) is 6.40. The van der Waals surface area contributed by atoms with Gasteiger partial charge in [0.1, 0.15) is 12.6 Å². The fourth-order valence-electron chi connectivity index (χ4n) is 2.52. The van der Waals surface area contributed by atoms with Crippen molar-refractivity contribution < 1.29 is 19.1 Å². The monoisotopic (exact) mass is 320 g/mol. The molecule has 1 aromatic rings. The van der Waals surface area contributed by atoms with Gasteiger partial charge in [-0.05, 0) is 24.9 Å². The number of amides is 1. The topological polar surface area (TPSA) is 67.9 Å². The second-order valence-electron chi connectivity index (χ2n) is 5.58. The summed E-state index contributed by atoms with van der Waals surface area (Å²) in [5, 5.41) is 3.24. The third-order valence-electron chi connectivity index (χ3n) is 4.02. The second-order valence-corrected chi connectivity index (χ2v) is 5.58. The molecular weight excluding hydrogens is 296 g/mol. The summed E-state index contributed by atoms with van der Waals surface area (Å²) in [4.78, 5) is 25.9. The highest BCUT2D eigenvalue weighted by molar-refractivity contribution is 5.81. The van der Waals surface area contributed by atoms with Crippen LogP contribution in [0, 0.1) is 0 Å². The lowest BCUT2D eigenvalue weighted by Crippen LogP contribution is -2.55. The van der Waals surface area contributed by atoms with Gasteiger partial charge in [0.15, 0.2) is 0 Å². The molecule has 0 aromatic heterocycles. The van der Waals surface area contributed by atoms with Crippen molar-refractivity contribution in [1.82, 2.24) is 10.2 Å². The molecule has 1 aliphatic rings. The molecule has 1 fully saturated rings. The number of hydrogen-bond donors (Lipinski definition) is 1. The lowest BCUT2D eigenvalue weighted by atomic mass is 10.1. The van der Waals surface area contributed by atoms with Crippen LogP contribution < -0.4 is 5.32 Å². The van der Waals surface area contributed by atoms with Crippen LogP contribution in [0.1, 0.15) is 25.3 Å². The molecule has 0 radical (unpaired) electrons. The fourth-order valence-corrected chi connectivity index (χ4v) is 2.52. The molecule has 1 amide bonds. The van der Waals surface area contributed by atoms with Gasteiger partial charge < -0.3 is 14.8 Å². The Morgan fingerprint density at radius 2 is 2.04 bits per heavy atom. The maximum absolute atomic E-state index is 12.5. The molecule has 0 saturated carbocycles. The number of nitrogens with zero attached hydrogens (tertiary/aromatic N) is 1. The third kappa shape index (κ3) is 4.69. The summed E-state index contributed by atoms with van der Waals surface area (Å²) in [6.45, 7) is 3.42. The van der Waals surface area contributed by atoms with Crippen LogP contribution in [0.25, 0.3) is 0 Å². The number of carbonyl (C=O) groups excluding carboxylic acids is 2. The van der Waals surface area contributed by atoms with E-state index in [2.05, 4.69) is 5.32 Å². The van der Waals surface area contributed by atoms with E-state index in [0.717, 1.165) is 18.5 Å². The molecule has 23 heavy (non-hydrogen) atoms. The van der Waals surface area contributed by atoms with Gasteiger partial charge in [0.25, 0.3) is 0 Å². The van der Waals surface area contributed by atoms with Gasteiger partial charge in [0, 0.05) is 12.6 Å². The number of nitrogens with one attached hydrogen (secondary N) is 1. The quantitative estimate of drug-likeness (QED) is 0.778. The summed E-state index contributed by atoms with van der Waals surface area (Å²) in [6, 6.07) is 9.06. The third-order valence-corrected chi connectivity index (χ3v) is 4.02. The van der Waals surface area contributed by atoms with E-state index in [1.165, 1.54) is 12.0 Å². The van der Waals surface area contributed by atoms with Gasteiger partial charge in [-0.2, -0.15) is 0 Å². The van der Waals surface area contributed by atoms with Crippen molar-refractivity contribution in [3.05, 3.63) is 35.9 Å². The zero-order valence-corrected chi connectivity index (χ0v) is 13.7. The summed E-state index contributed by atoms with van der Waals surface area (Å²) in [5.74, 6) is -0.413. The standard InChI is InChI=1S/C17H24N2O4/c1-3-15(16(20)22-2)19(11-14-9-10-18-14)17(21)23-12-13-7-5-4-6-8-13/h4-8,14-15,18H,3,9-12H2,1-2H3. The van der Waals surface area contributed by atoms with E-state index in [9.17, 15) is 9.59 Å². The van der Waals surface area contributed by atoms with E-state index in [0.29, 0.717) is 13.0 Å². The highest BCUT2D eigenvalue weighted by Gasteiger charge is 2.33. The Morgan fingerprint density at radius 3 is 2.57 bits per heavy atom. The van der Waals surface area contributed by atoms with Crippen LogP contribution in [0.4, 0.5) is 4.79 Å². The average molecular weight is 320 g/mol. The lowest BCUT2D eigenvalue weighted by molar-refractivity contribution is -0.146. The molecule has 1 N–H and O–H groups in total. The first-order valence-electron chi connectivity index (χ1n) is 7.94. The number of benzene rings is 1. The summed E-state index contributed by atoms with van der Waals surface area (Å²) < 4.78 is 10.2. The van der Waals surface area contributed by atoms with E-state index in [1.54, 1.807) is 0 Å². The molecule has 6 heteroatoms. The largest absolute Gasteiger partial charge is 0.467 e. The van der Waals surface area contributed by atoms with Crippen molar-refractivity contribution in [3.63, 3.8) is 0 Å². The van der Waals surface area contributed by atoms with Crippen LogP contribution in [-0.2, 0) is 20.9 Å². The van der Waals surface area contributed by atoms with Gasteiger partial charge in [-0.1, -0.05) is 37.3 Å². The Bertz CT molecular complexity index is 517. The number of rotatable bonds is 7. The van der Waals surface area contributed by atoms with Crippen LogP contribution in [0.5, 0.6) is 0 Å². The molecule has 0 aliphatic carbocycles. The SMILES string of the molecule is CCC(C(=O)OC)N(CC1CCN1)C(=O)OCc1ccccc1. The molecule has 1 aliphatic heterocycles. The van der Waals surface area contributed by atoms with E-state index in [1.807, 2.05) is 37.3 Å².